The molecule has 6 heterocycles. The second-order valence-corrected chi connectivity index (χ2v) is 20.1. The summed E-state index contributed by atoms with van der Waals surface area (Å²) in [6.45, 7) is 27.7. The fraction of sp³-hybridized carbons (Fsp3) is 0.333. The van der Waals surface area contributed by atoms with Crippen LogP contribution < -0.4 is 0 Å². The molecule has 11 aromatic rings. The van der Waals surface area contributed by atoms with E-state index in [4.69, 9.17) is 9.97 Å². The Bertz CT molecular complexity index is 3170. The largest absolute Gasteiger partial charge is 0.277 e. The lowest BCUT2D eigenvalue weighted by Crippen LogP contribution is -2.11. The molecule has 11 rings (SSSR count). The van der Waals surface area contributed by atoms with E-state index >= 15 is 0 Å². The molecule has 0 saturated heterocycles. The molecule has 6 heteroatoms. The lowest BCUT2D eigenvalue weighted by molar-refractivity contribution is 0.591. The van der Waals surface area contributed by atoms with E-state index in [0.717, 1.165) is 33.6 Å². The SMILES string of the molecule is CC(C)(C)c1ccc2c(c1)c1c3c4c(c5cc(C(C)(C)C)ccc5n4c4nc5c(C(C)(C)C)cccc5n34)c3c1n2c1nc2c(C(C)(C)C)cccc2n31. The number of para-hydroxylation sites is 2. The molecule has 0 atom stereocenters. The van der Waals surface area contributed by atoms with Gasteiger partial charge in [0.15, 0.2) is 0 Å². The molecule has 270 valence electrons. The number of aromatic nitrogens is 6. The van der Waals surface area contributed by atoms with E-state index < -0.39 is 0 Å². The van der Waals surface area contributed by atoms with Crippen LogP contribution in [0, 0.1) is 0 Å². The Labute approximate surface area is 314 Å². The molecule has 0 aliphatic heterocycles. The fourth-order valence-electron chi connectivity index (χ4n) is 9.66. The molecule has 0 fully saturated rings. The number of nitrogens with zero attached hydrogens (tertiary/aromatic N) is 6. The van der Waals surface area contributed by atoms with Gasteiger partial charge < -0.3 is 0 Å². The molecule has 0 N–H and O–H groups in total. The molecular formula is C48H48N6. The molecular weight excluding hydrogens is 661 g/mol. The van der Waals surface area contributed by atoms with E-state index in [1.165, 1.54) is 76.9 Å². The van der Waals surface area contributed by atoms with E-state index in [-0.39, 0.29) is 21.7 Å². The Morgan fingerprint density at radius 2 is 0.741 bits per heavy atom. The van der Waals surface area contributed by atoms with Crippen LogP contribution in [0.2, 0.25) is 0 Å². The second-order valence-electron chi connectivity index (χ2n) is 20.1. The molecule has 0 spiro atoms. The fourth-order valence-corrected chi connectivity index (χ4v) is 9.66. The minimum atomic E-state index is -0.0599. The first-order valence-electron chi connectivity index (χ1n) is 19.5. The number of hydrogen-bond donors (Lipinski definition) is 0. The lowest BCUT2D eigenvalue weighted by atomic mass is 9.86. The number of benzene rings is 5. The van der Waals surface area contributed by atoms with Crippen LogP contribution in [-0.2, 0) is 21.7 Å². The van der Waals surface area contributed by atoms with E-state index in [1.54, 1.807) is 0 Å². The summed E-state index contributed by atoms with van der Waals surface area (Å²) in [5.74, 6) is 1.94. The smallest absolute Gasteiger partial charge is 0.220 e. The Hall–Kier alpha value is -5.36. The van der Waals surface area contributed by atoms with Gasteiger partial charge in [0.2, 0.25) is 11.6 Å². The normalized spacial score (nSPS) is 14.3. The first-order valence-corrected chi connectivity index (χ1v) is 19.5. The third kappa shape index (κ3) is 3.76. The summed E-state index contributed by atoms with van der Waals surface area (Å²) in [6.07, 6.45) is 0. The van der Waals surface area contributed by atoms with Crippen molar-refractivity contribution in [1.82, 2.24) is 27.6 Å². The van der Waals surface area contributed by atoms with Crippen molar-refractivity contribution in [3.63, 3.8) is 0 Å². The highest BCUT2D eigenvalue weighted by Crippen LogP contribution is 2.50. The van der Waals surface area contributed by atoms with E-state index in [1.807, 2.05) is 0 Å². The molecule has 0 unspecified atom stereocenters. The topological polar surface area (TPSA) is 43.4 Å². The number of imidazole rings is 4. The van der Waals surface area contributed by atoms with Gasteiger partial charge in [-0.2, -0.15) is 0 Å². The lowest BCUT2D eigenvalue weighted by Gasteiger charge is -2.19. The summed E-state index contributed by atoms with van der Waals surface area (Å²) < 4.78 is 9.91. The first-order chi connectivity index (χ1) is 25.4. The van der Waals surface area contributed by atoms with Crippen LogP contribution in [0.1, 0.15) is 105 Å². The van der Waals surface area contributed by atoms with E-state index in [2.05, 4.69) is 173 Å². The quantitative estimate of drug-likeness (QED) is 0.157. The molecule has 6 aromatic heterocycles. The van der Waals surface area contributed by atoms with Gasteiger partial charge in [-0.25, -0.2) is 9.97 Å². The van der Waals surface area contributed by atoms with Crippen molar-refractivity contribution in [1.29, 1.82) is 0 Å². The summed E-state index contributed by atoms with van der Waals surface area (Å²) in [5, 5.41) is 5.06. The van der Waals surface area contributed by atoms with Gasteiger partial charge >= 0.3 is 0 Å². The molecule has 54 heavy (non-hydrogen) atoms. The van der Waals surface area contributed by atoms with Crippen LogP contribution in [0.25, 0.3) is 88.3 Å². The van der Waals surface area contributed by atoms with Crippen molar-refractivity contribution in [2.24, 2.45) is 0 Å². The van der Waals surface area contributed by atoms with Gasteiger partial charge in [-0.3, -0.25) is 17.6 Å². The first kappa shape index (κ1) is 32.1. The molecule has 0 aliphatic rings. The van der Waals surface area contributed by atoms with Gasteiger partial charge in [-0.05, 0) is 80.3 Å². The Morgan fingerprint density at radius 1 is 0.389 bits per heavy atom. The van der Waals surface area contributed by atoms with E-state index in [9.17, 15) is 0 Å². The summed E-state index contributed by atoms with van der Waals surface area (Å²) in [5.41, 5.74) is 16.8. The minimum Gasteiger partial charge on any atom is -0.277 e. The maximum atomic E-state index is 5.61. The van der Waals surface area contributed by atoms with Gasteiger partial charge in [-0.15, -0.1) is 0 Å². The molecule has 0 radical (unpaired) electrons. The van der Waals surface area contributed by atoms with E-state index in [0.29, 0.717) is 0 Å². The van der Waals surface area contributed by atoms with Crippen LogP contribution in [0.5, 0.6) is 0 Å². The third-order valence-electron chi connectivity index (χ3n) is 12.4. The zero-order chi connectivity index (χ0) is 37.8. The maximum Gasteiger partial charge on any atom is 0.220 e. The average Bonchev–Trinajstić information content (AvgIpc) is 3.90. The Morgan fingerprint density at radius 3 is 1.07 bits per heavy atom. The van der Waals surface area contributed by atoms with Gasteiger partial charge in [0, 0.05) is 21.5 Å². The van der Waals surface area contributed by atoms with Gasteiger partial charge in [0.25, 0.3) is 0 Å². The number of hydrogen-bond acceptors (Lipinski definition) is 2. The maximum absolute atomic E-state index is 5.61. The highest BCUT2D eigenvalue weighted by molar-refractivity contribution is 6.37. The van der Waals surface area contributed by atoms with Crippen molar-refractivity contribution < 1.29 is 0 Å². The average molecular weight is 709 g/mol. The number of fused-ring (bicyclic) bond motifs is 18. The van der Waals surface area contributed by atoms with Gasteiger partial charge in [0.1, 0.15) is 0 Å². The zero-order valence-electron chi connectivity index (χ0n) is 33.6. The molecule has 5 aromatic carbocycles. The van der Waals surface area contributed by atoms with Crippen LogP contribution in [0.3, 0.4) is 0 Å². The van der Waals surface area contributed by atoms with Crippen LogP contribution in [0.4, 0.5) is 0 Å². The predicted molar refractivity (Wildman–Crippen MR) is 228 cm³/mol. The minimum absolute atomic E-state index is 0.0124. The van der Waals surface area contributed by atoms with Crippen molar-refractivity contribution in [2.75, 3.05) is 0 Å². The molecule has 0 saturated carbocycles. The molecule has 0 bridgehead atoms. The predicted octanol–water partition coefficient (Wildman–Crippen LogP) is 12.5. The van der Waals surface area contributed by atoms with Crippen molar-refractivity contribution >= 4 is 88.3 Å². The van der Waals surface area contributed by atoms with Gasteiger partial charge in [0.05, 0.1) is 55.2 Å². The van der Waals surface area contributed by atoms with Crippen molar-refractivity contribution in [3.05, 3.63) is 95.1 Å². The summed E-state index contributed by atoms with van der Waals surface area (Å²) in [4.78, 5) is 11.2. The molecule has 0 amide bonds. The van der Waals surface area contributed by atoms with Crippen LogP contribution in [-0.4, -0.2) is 27.6 Å². The van der Waals surface area contributed by atoms with Crippen LogP contribution >= 0.6 is 0 Å². The Kier molecular flexibility index (Phi) is 5.63. The van der Waals surface area contributed by atoms with Gasteiger partial charge in [-0.1, -0.05) is 119 Å². The van der Waals surface area contributed by atoms with Crippen molar-refractivity contribution in [2.45, 2.75) is 105 Å². The zero-order valence-corrected chi connectivity index (χ0v) is 33.6. The molecule has 0 aliphatic carbocycles. The summed E-state index contributed by atoms with van der Waals surface area (Å²) in [6, 6.07) is 27.8. The number of rotatable bonds is 0. The standard InChI is InChI=1S/C48H48N6/c1-45(2,3)25-19-21-31-27(23-25)35-39-42(54-34-18-14-16-30(48(10,11)12)38(34)49-43(54)51(31)39)36-28-24-26(46(4,5)6)20-22-32(28)52-40(36)41(35)53-33-17-13-15-29(47(7,8)9)37(33)50-44(52)53/h13-24H,1-12H3. The van der Waals surface area contributed by atoms with Crippen molar-refractivity contribution in [3.8, 4) is 0 Å². The summed E-state index contributed by atoms with van der Waals surface area (Å²) in [7, 11) is 0. The Balaban J connectivity index is 1.52. The second kappa shape index (κ2) is 9.46. The molecule has 6 nitrogen and oxygen atoms in total. The van der Waals surface area contributed by atoms with Crippen LogP contribution in [0.15, 0.2) is 72.8 Å². The highest BCUT2D eigenvalue weighted by atomic mass is 15.2. The third-order valence-corrected chi connectivity index (χ3v) is 12.4. The monoisotopic (exact) mass is 708 g/mol. The summed E-state index contributed by atoms with van der Waals surface area (Å²) >= 11 is 0. The highest BCUT2D eigenvalue weighted by Gasteiger charge is 2.34.